The fourth-order valence-corrected chi connectivity index (χ4v) is 1.62. The first kappa shape index (κ1) is 15.9. The molecule has 0 fully saturated rings. The van der Waals surface area contributed by atoms with E-state index in [0.29, 0.717) is 0 Å². The van der Waals surface area contributed by atoms with Crippen molar-refractivity contribution in [3.8, 4) is 0 Å². The smallest absolute Gasteiger partial charge is 0.0822 e. The van der Waals surface area contributed by atoms with Gasteiger partial charge in [0, 0.05) is 0 Å². The van der Waals surface area contributed by atoms with Crippen molar-refractivity contribution in [1.82, 2.24) is 0 Å². The van der Waals surface area contributed by atoms with Gasteiger partial charge in [-0.25, -0.2) is 9.78 Å². The van der Waals surface area contributed by atoms with Crippen LogP contribution in [0.2, 0.25) is 0 Å². The second-order valence-corrected chi connectivity index (χ2v) is 4.47. The van der Waals surface area contributed by atoms with Crippen molar-refractivity contribution in [3.63, 3.8) is 0 Å². The molecule has 0 aliphatic rings. The van der Waals surface area contributed by atoms with Crippen molar-refractivity contribution in [2.45, 2.75) is 78.1 Å². The van der Waals surface area contributed by atoms with E-state index >= 15 is 0 Å². The molecule has 0 amide bonds. The van der Waals surface area contributed by atoms with Crippen molar-refractivity contribution in [2.75, 3.05) is 13.2 Å². The topological polar surface area (TPSA) is 18.5 Å². The van der Waals surface area contributed by atoms with Crippen LogP contribution in [0.5, 0.6) is 0 Å². The van der Waals surface area contributed by atoms with E-state index in [1.54, 1.807) is 0 Å². The predicted molar refractivity (Wildman–Crippen MR) is 69.4 cm³/mol. The molecule has 0 aromatic carbocycles. The molecule has 0 unspecified atom stereocenters. The number of rotatable bonds is 13. The minimum absolute atomic E-state index is 0.744. The van der Waals surface area contributed by atoms with Crippen LogP contribution in [-0.2, 0) is 9.78 Å². The molecule has 0 aromatic heterocycles. The number of unbranched alkanes of at least 4 members (excludes halogenated alkanes) is 8. The SMILES string of the molecule is CCCCCCCCCCOOCCCC. The van der Waals surface area contributed by atoms with E-state index in [4.69, 9.17) is 9.78 Å². The summed E-state index contributed by atoms with van der Waals surface area (Å²) in [6.45, 7) is 5.92. The summed E-state index contributed by atoms with van der Waals surface area (Å²) in [4.78, 5) is 10.1. The van der Waals surface area contributed by atoms with E-state index in [0.717, 1.165) is 26.1 Å². The minimum Gasteiger partial charge on any atom is -0.237 e. The molecule has 2 nitrogen and oxygen atoms in total. The van der Waals surface area contributed by atoms with Gasteiger partial charge in [-0.2, -0.15) is 0 Å². The number of hydrogen-bond donors (Lipinski definition) is 0. The van der Waals surface area contributed by atoms with Gasteiger partial charge < -0.3 is 0 Å². The second kappa shape index (κ2) is 14.9. The lowest BCUT2D eigenvalue weighted by molar-refractivity contribution is -0.295. The molecule has 16 heavy (non-hydrogen) atoms. The Morgan fingerprint density at radius 3 is 1.50 bits per heavy atom. The van der Waals surface area contributed by atoms with Crippen LogP contribution in [-0.4, -0.2) is 13.2 Å². The molecule has 0 atom stereocenters. The van der Waals surface area contributed by atoms with Crippen LogP contribution in [0.3, 0.4) is 0 Å². The first-order chi connectivity index (χ1) is 7.91. The third-order valence-corrected chi connectivity index (χ3v) is 2.75. The minimum atomic E-state index is 0.744. The van der Waals surface area contributed by atoms with Crippen molar-refractivity contribution in [3.05, 3.63) is 0 Å². The number of hydrogen-bond acceptors (Lipinski definition) is 2. The molecule has 0 bridgehead atoms. The van der Waals surface area contributed by atoms with Crippen LogP contribution in [0.25, 0.3) is 0 Å². The van der Waals surface area contributed by atoms with Gasteiger partial charge in [0.1, 0.15) is 0 Å². The Hall–Kier alpha value is -0.0800. The van der Waals surface area contributed by atoms with Crippen molar-refractivity contribution in [2.24, 2.45) is 0 Å². The fourth-order valence-electron chi connectivity index (χ4n) is 1.62. The molecular formula is C14H30O2. The average molecular weight is 230 g/mol. The van der Waals surface area contributed by atoms with Crippen LogP contribution in [0.15, 0.2) is 0 Å². The molecule has 0 N–H and O–H groups in total. The van der Waals surface area contributed by atoms with Crippen LogP contribution in [0.1, 0.15) is 78.1 Å². The third kappa shape index (κ3) is 13.9. The fraction of sp³-hybridized carbons (Fsp3) is 1.00. The van der Waals surface area contributed by atoms with E-state index in [9.17, 15) is 0 Å². The van der Waals surface area contributed by atoms with Gasteiger partial charge in [-0.15, -0.1) is 0 Å². The lowest BCUT2D eigenvalue weighted by atomic mass is 10.1. The Morgan fingerprint density at radius 1 is 0.500 bits per heavy atom. The van der Waals surface area contributed by atoms with Gasteiger partial charge in [0.15, 0.2) is 0 Å². The highest BCUT2D eigenvalue weighted by molar-refractivity contribution is 4.45. The highest BCUT2D eigenvalue weighted by Crippen LogP contribution is 2.08. The summed E-state index contributed by atoms with van der Waals surface area (Å²) in [6, 6.07) is 0. The molecule has 0 saturated carbocycles. The molecule has 0 aromatic rings. The van der Waals surface area contributed by atoms with E-state index in [1.165, 1.54) is 51.4 Å². The quantitative estimate of drug-likeness (QED) is 0.255. The zero-order valence-corrected chi connectivity index (χ0v) is 11.3. The van der Waals surface area contributed by atoms with Crippen LogP contribution < -0.4 is 0 Å². The van der Waals surface area contributed by atoms with Crippen LogP contribution >= 0.6 is 0 Å². The predicted octanol–water partition coefficient (Wildman–Crippen LogP) is 4.88. The van der Waals surface area contributed by atoms with Gasteiger partial charge in [-0.05, 0) is 12.8 Å². The van der Waals surface area contributed by atoms with Crippen LogP contribution in [0, 0.1) is 0 Å². The Morgan fingerprint density at radius 2 is 0.938 bits per heavy atom. The summed E-state index contributed by atoms with van der Waals surface area (Å²) in [6.07, 6.45) is 13.0. The maximum Gasteiger partial charge on any atom is 0.0822 e. The molecule has 0 spiro atoms. The lowest BCUT2D eigenvalue weighted by Gasteiger charge is -2.03. The summed E-state index contributed by atoms with van der Waals surface area (Å²) in [5.41, 5.74) is 0. The van der Waals surface area contributed by atoms with Gasteiger partial charge in [-0.1, -0.05) is 65.2 Å². The maximum atomic E-state index is 5.08. The van der Waals surface area contributed by atoms with E-state index in [2.05, 4.69) is 13.8 Å². The summed E-state index contributed by atoms with van der Waals surface area (Å²) >= 11 is 0. The largest absolute Gasteiger partial charge is 0.237 e. The molecule has 98 valence electrons. The molecule has 0 aliphatic heterocycles. The van der Waals surface area contributed by atoms with Gasteiger partial charge in [0.25, 0.3) is 0 Å². The highest BCUT2D eigenvalue weighted by atomic mass is 17.2. The summed E-state index contributed by atoms with van der Waals surface area (Å²) in [5.74, 6) is 0. The molecular weight excluding hydrogens is 200 g/mol. The molecule has 2 heteroatoms. The van der Waals surface area contributed by atoms with Gasteiger partial charge in [0.2, 0.25) is 0 Å². The van der Waals surface area contributed by atoms with Crippen molar-refractivity contribution < 1.29 is 9.78 Å². The summed E-state index contributed by atoms with van der Waals surface area (Å²) in [7, 11) is 0. The van der Waals surface area contributed by atoms with Crippen LogP contribution in [0.4, 0.5) is 0 Å². The first-order valence-corrected chi connectivity index (χ1v) is 7.16. The van der Waals surface area contributed by atoms with E-state index < -0.39 is 0 Å². The zero-order chi connectivity index (χ0) is 11.9. The van der Waals surface area contributed by atoms with Crippen molar-refractivity contribution in [1.29, 1.82) is 0 Å². The van der Waals surface area contributed by atoms with Crippen molar-refractivity contribution >= 4 is 0 Å². The lowest BCUT2D eigenvalue weighted by Crippen LogP contribution is -1.98. The standard InChI is InChI=1S/C14H30O2/c1-3-5-7-8-9-10-11-12-14-16-15-13-6-4-2/h3-14H2,1-2H3. The van der Waals surface area contributed by atoms with E-state index in [-0.39, 0.29) is 0 Å². The molecule has 0 saturated heterocycles. The second-order valence-electron chi connectivity index (χ2n) is 4.47. The monoisotopic (exact) mass is 230 g/mol. The summed E-state index contributed by atoms with van der Waals surface area (Å²) < 4.78 is 0. The van der Waals surface area contributed by atoms with Gasteiger partial charge in [-0.3, -0.25) is 0 Å². The van der Waals surface area contributed by atoms with E-state index in [1.807, 2.05) is 0 Å². The Balaban J connectivity index is 2.83. The molecule has 0 rings (SSSR count). The summed E-state index contributed by atoms with van der Waals surface area (Å²) in [5, 5.41) is 0. The average Bonchev–Trinajstić information content (AvgIpc) is 2.31. The normalized spacial score (nSPS) is 10.9. The zero-order valence-electron chi connectivity index (χ0n) is 11.3. The van der Waals surface area contributed by atoms with Gasteiger partial charge >= 0.3 is 0 Å². The maximum absolute atomic E-state index is 5.08. The Kier molecular flexibility index (Phi) is 14.8. The highest BCUT2D eigenvalue weighted by Gasteiger charge is 1.92. The Bertz CT molecular complexity index is 101. The Labute approximate surface area is 102 Å². The molecule has 0 heterocycles. The molecule has 0 radical (unpaired) electrons. The third-order valence-electron chi connectivity index (χ3n) is 2.75. The van der Waals surface area contributed by atoms with Gasteiger partial charge in [0.05, 0.1) is 13.2 Å². The molecule has 0 aliphatic carbocycles. The first-order valence-electron chi connectivity index (χ1n) is 7.16.